The van der Waals surface area contributed by atoms with Crippen LogP contribution in [0.3, 0.4) is 0 Å². The van der Waals surface area contributed by atoms with E-state index in [2.05, 4.69) is 204 Å². The number of esters is 4. The molecule has 19 heteroatoms. The van der Waals surface area contributed by atoms with Gasteiger partial charge in [0.15, 0.2) is 12.2 Å². The lowest BCUT2D eigenvalue weighted by Crippen LogP contribution is -2.30. The summed E-state index contributed by atoms with van der Waals surface area (Å²) < 4.78 is 68.6. The number of ether oxygens (including phenoxy) is 4. The minimum Gasteiger partial charge on any atom is -0.462 e. The Balaban J connectivity index is 5.51. The number of hydrogen-bond acceptors (Lipinski definition) is 15. The first-order valence-corrected chi connectivity index (χ1v) is 44.7. The Morgan fingerprint density at radius 1 is 0.264 bits per heavy atom. The molecule has 0 saturated carbocycles. The SMILES string of the molecule is CC/C=C\C/C=C\C/C=C\C/C=C\C/C=C\C/C=C\CCC(=O)OCC(COP(=O)(O)OCC(O)COP(=O)(O)OCC(COC(=O)CCCCC/C=C\C/C=C\C/C=C\C/C=C\C/C=C\CC)OC(=O)CCCCCCCCCCCCCCC)OC(=O)CCCCC/C=C\C/C=C\C/C=C\C/C=C\C/C=C\CC. The maximum atomic E-state index is 13.1. The van der Waals surface area contributed by atoms with Crippen LogP contribution in [0.4, 0.5) is 0 Å². The standard InChI is InChI=1S/C91H146O17P2/c1-5-9-13-17-21-25-29-33-36-39-42-45-48-52-55-59-63-67-71-75-88(93)101-81-86(107-90(95)77-73-69-65-61-57-51-32-28-24-20-16-12-8-4)83-105-109(97,98)103-79-85(92)80-104-110(99,100)106-84-87(108-91(96)78-74-70-66-62-58-54-50-47-44-41-38-35-31-27-23-19-15-11-7-3)82-102-89(94)76-72-68-64-60-56-53-49-46-43-40-37-34-30-26-22-18-14-10-6-2/h9-11,13-15,21-23,25-27,33-38,42-47,52-56,58,64,68,85-87,92H,5-8,12,16-20,24,28-32,39-41,48-51,57,59-63,65-67,69-84H2,1-4H3,(H,97,98)(H,99,100)/b13-9-,14-10-,15-11-,25-21-,26-22-,27-23-,36-33-,37-34-,38-35-,45-42-,46-43-,47-44-,55-52-,56-53-,58-54-,68-64-. The van der Waals surface area contributed by atoms with Crippen LogP contribution in [-0.2, 0) is 65.4 Å². The summed E-state index contributed by atoms with van der Waals surface area (Å²) in [6.45, 7) is 4.37. The second kappa shape index (κ2) is 80.9. The highest BCUT2D eigenvalue weighted by molar-refractivity contribution is 7.47. The summed E-state index contributed by atoms with van der Waals surface area (Å²) in [5.74, 6) is -2.36. The summed E-state index contributed by atoms with van der Waals surface area (Å²) in [4.78, 5) is 73.2. The highest BCUT2D eigenvalue weighted by atomic mass is 31.2. The van der Waals surface area contributed by atoms with Gasteiger partial charge in [0.1, 0.15) is 19.3 Å². The van der Waals surface area contributed by atoms with E-state index in [1.807, 2.05) is 18.2 Å². The van der Waals surface area contributed by atoms with Gasteiger partial charge in [-0.15, -0.1) is 0 Å². The minimum absolute atomic E-state index is 0.0205. The van der Waals surface area contributed by atoms with E-state index in [4.69, 9.17) is 37.0 Å². The van der Waals surface area contributed by atoms with E-state index < -0.39 is 97.5 Å². The number of hydrogen-bond donors (Lipinski definition) is 3. The van der Waals surface area contributed by atoms with Crippen LogP contribution in [0.2, 0.25) is 0 Å². The number of phosphoric ester groups is 2. The largest absolute Gasteiger partial charge is 0.472 e. The van der Waals surface area contributed by atoms with E-state index in [0.29, 0.717) is 32.1 Å². The predicted molar refractivity (Wildman–Crippen MR) is 454 cm³/mol. The van der Waals surface area contributed by atoms with Crippen LogP contribution < -0.4 is 0 Å². The molecule has 0 radical (unpaired) electrons. The van der Waals surface area contributed by atoms with Gasteiger partial charge in [0, 0.05) is 25.7 Å². The Kier molecular flexibility index (Phi) is 76.4. The molecule has 0 bridgehead atoms. The molecule has 0 aliphatic carbocycles. The number of aliphatic hydroxyl groups is 1. The van der Waals surface area contributed by atoms with Crippen molar-refractivity contribution < 1.29 is 80.2 Å². The van der Waals surface area contributed by atoms with Gasteiger partial charge in [-0.05, 0) is 154 Å². The van der Waals surface area contributed by atoms with Crippen LogP contribution in [0.1, 0.15) is 297 Å². The Hall–Kier alpha value is -6.10. The van der Waals surface area contributed by atoms with Gasteiger partial charge in [0.2, 0.25) is 0 Å². The van der Waals surface area contributed by atoms with E-state index in [1.165, 1.54) is 51.4 Å². The van der Waals surface area contributed by atoms with E-state index in [-0.39, 0.29) is 25.7 Å². The highest BCUT2D eigenvalue weighted by Crippen LogP contribution is 2.45. The molecule has 5 atom stereocenters. The molecule has 0 aliphatic heterocycles. The first-order valence-electron chi connectivity index (χ1n) is 41.7. The predicted octanol–water partition coefficient (Wildman–Crippen LogP) is 24.9. The van der Waals surface area contributed by atoms with E-state index in [0.717, 1.165) is 161 Å². The van der Waals surface area contributed by atoms with Crippen molar-refractivity contribution >= 4 is 39.5 Å². The zero-order valence-corrected chi connectivity index (χ0v) is 69.9. The van der Waals surface area contributed by atoms with Crippen LogP contribution >= 0.6 is 15.6 Å². The van der Waals surface area contributed by atoms with Gasteiger partial charge >= 0.3 is 39.5 Å². The molecule has 0 saturated heterocycles. The summed E-state index contributed by atoms with van der Waals surface area (Å²) in [5.41, 5.74) is 0. The van der Waals surface area contributed by atoms with Crippen molar-refractivity contribution in [2.45, 2.75) is 316 Å². The fourth-order valence-corrected chi connectivity index (χ4v) is 11.9. The van der Waals surface area contributed by atoms with Gasteiger partial charge in [-0.2, -0.15) is 0 Å². The molecule has 0 heterocycles. The third kappa shape index (κ3) is 80.0. The quantitative estimate of drug-likeness (QED) is 0.0169. The van der Waals surface area contributed by atoms with E-state index in [1.54, 1.807) is 0 Å². The molecule has 0 aromatic heterocycles. The second-order valence-electron chi connectivity index (χ2n) is 26.9. The van der Waals surface area contributed by atoms with Gasteiger partial charge in [-0.3, -0.25) is 37.3 Å². The normalized spacial score (nSPS) is 14.8. The van der Waals surface area contributed by atoms with Crippen LogP contribution in [0, 0.1) is 0 Å². The third-order valence-corrected chi connectivity index (χ3v) is 18.5. The summed E-state index contributed by atoms with van der Waals surface area (Å²) >= 11 is 0. The molecule has 110 heavy (non-hydrogen) atoms. The fraction of sp³-hybridized carbons (Fsp3) is 0.604. The molecule has 5 unspecified atom stereocenters. The molecule has 17 nitrogen and oxygen atoms in total. The monoisotopic (exact) mass is 1570 g/mol. The minimum atomic E-state index is -5.02. The second-order valence-corrected chi connectivity index (χ2v) is 29.8. The zero-order chi connectivity index (χ0) is 80.3. The highest BCUT2D eigenvalue weighted by Gasteiger charge is 2.30. The summed E-state index contributed by atoms with van der Waals surface area (Å²) in [5, 5.41) is 10.7. The summed E-state index contributed by atoms with van der Waals surface area (Å²) in [6, 6.07) is 0. The number of carbonyl (C=O) groups is 4. The Morgan fingerprint density at radius 3 is 0.782 bits per heavy atom. The first-order chi connectivity index (χ1) is 53.7. The topological polar surface area (TPSA) is 237 Å². The number of rotatable bonds is 76. The van der Waals surface area contributed by atoms with Gasteiger partial charge in [0.05, 0.1) is 26.4 Å². The Morgan fingerprint density at radius 2 is 0.491 bits per heavy atom. The lowest BCUT2D eigenvalue weighted by Gasteiger charge is -2.21. The molecule has 0 aliphatic rings. The van der Waals surface area contributed by atoms with E-state index in [9.17, 15) is 43.2 Å². The van der Waals surface area contributed by atoms with Crippen molar-refractivity contribution in [3.8, 4) is 0 Å². The lowest BCUT2D eigenvalue weighted by molar-refractivity contribution is -0.161. The lowest BCUT2D eigenvalue weighted by atomic mass is 10.0. The van der Waals surface area contributed by atoms with Crippen LogP contribution in [0.25, 0.3) is 0 Å². The van der Waals surface area contributed by atoms with Gasteiger partial charge in [-0.1, -0.05) is 312 Å². The van der Waals surface area contributed by atoms with Gasteiger partial charge in [0.25, 0.3) is 0 Å². The molecule has 0 amide bonds. The van der Waals surface area contributed by atoms with Gasteiger partial charge < -0.3 is 33.8 Å². The number of carbonyl (C=O) groups excluding carboxylic acids is 4. The number of unbranched alkanes of at least 4 members (excludes halogenated alkanes) is 18. The molecule has 0 spiro atoms. The number of aliphatic hydroxyl groups excluding tert-OH is 1. The molecule has 3 N–H and O–H groups in total. The van der Waals surface area contributed by atoms with Crippen molar-refractivity contribution in [2.75, 3.05) is 39.6 Å². The van der Waals surface area contributed by atoms with Crippen molar-refractivity contribution in [3.63, 3.8) is 0 Å². The third-order valence-electron chi connectivity index (χ3n) is 16.6. The Labute approximate surface area is 666 Å². The maximum absolute atomic E-state index is 13.1. The van der Waals surface area contributed by atoms with Crippen molar-refractivity contribution in [3.05, 3.63) is 194 Å². The average Bonchev–Trinajstić information content (AvgIpc) is 0.900. The van der Waals surface area contributed by atoms with Crippen molar-refractivity contribution in [2.24, 2.45) is 0 Å². The van der Waals surface area contributed by atoms with E-state index >= 15 is 0 Å². The van der Waals surface area contributed by atoms with Crippen molar-refractivity contribution in [1.29, 1.82) is 0 Å². The first kappa shape index (κ1) is 104. The zero-order valence-electron chi connectivity index (χ0n) is 68.1. The average molecular weight is 1570 g/mol. The summed E-state index contributed by atoms with van der Waals surface area (Å²) in [7, 11) is -10.0. The molecule has 0 aromatic rings. The van der Waals surface area contributed by atoms with Gasteiger partial charge in [-0.25, -0.2) is 9.13 Å². The molecule has 0 rings (SSSR count). The maximum Gasteiger partial charge on any atom is 0.472 e. The molecule has 622 valence electrons. The Bertz CT molecular complexity index is 2850. The number of phosphoric acid groups is 2. The van der Waals surface area contributed by atoms with Crippen LogP contribution in [-0.4, -0.2) is 96.7 Å². The fourth-order valence-electron chi connectivity index (χ4n) is 10.4. The van der Waals surface area contributed by atoms with Crippen LogP contribution in [0.15, 0.2) is 194 Å². The summed E-state index contributed by atoms with van der Waals surface area (Å²) in [6.07, 6.45) is 99.9. The number of allylic oxidation sites excluding steroid dienone is 32. The van der Waals surface area contributed by atoms with Crippen LogP contribution in [0.5, 0.6) is 0 Å². The van der Waals surface area contributed by atoms with Crippen molar-refractivity contribution in [1.82, 2.24) is 0 Å². The molecule has 0 aromatic carbocycles. The molecular weight excluding hydrogens is 1430 g/mol. The molecule has 0 fully saturated rings. The smallest absolute Gasteiger partial charge is 0.462 e. The molecular formula is C91H146O17P2.